The average Bonchev–Trinajstić information content (AvgIpc) is 3.07. The summed E-state index contributed by atoms with van der Waals surface area (Å²) in [5, 5.41) is 0.381. The second kappa shape index (κ2) is 10.6. The number of carbonyl (C=O) groups excluding carboxylic acids is 2. The number of benzene rings is 3. The molecule has 0 radical (unpaired) electrons. The molecule has 1 fully saturated rings. The highest BCUT2D eigenvalue weighted by atomic mass is 127. The summed E-state index contributed by atoms with van der Waals surface area (Å²) in [6, 6.07) is 20.5. The first kappa shape index (κ1) is 23.7. The van der Waals surface area contributed by atoms with Crippen molar-refractivity contribution in [1.29, 1.82) is 0 Å². The Hall–Kier alpha value is -2.49. The Labute approximate surface area is 214 Å². The van der Waals surface area contributed by atoms with Crippen molar-refractivity contribution < 1.29 is 19.1 Å². The second-order valence-electron chi connectivity index (χ2n) is 7.22. The highest BCUT2D eigenvalue weighted by Gasteiger charge is 2.35. The molecule has 0 N–H and O–H groups in total. The number of carbonyl (C=O) groups is 2. The summed E-state index contributed by atoms with van der Waals surface area (Å²) in [6.07, 6.45) is 1.70. The molecule has 2 amide bonds. The number of imide groups is 1. The van der Waals surface area contributed by atoms with Crippen LogP contribution in [0.4, 0.5) is 4.79 Å². The van der Waals surface area contributed by atoms with Gasteiger partial charge in [-0.15, -0.1) is 0 Å². The molecule has 3 aromatic carbocycles. The van der Waals surface area contributed by atoms with Gasteiger partial charge < -0.3 is 9.47 Å². The van der Waals surface area contributed by atoms with E-state index in [4.69, 9.17) is 21.1 Å². The van der Waals surface area contributed by atoms with E-state index in [1.807, 2.05) is 42.5 Å². The van der Waals surface area contributed by atoms with Gasteiger partial charge in [0, 0.05) is 8.59 Å². The topological polar surface area (TPSA) is 55.8 Å². The summed E-state index contributed by atoms with van der Waals surface area (Å²) in [5.41, 5.74) is 2.60. The molecule has 0 unspecified atom stereocenters. The Balaban J connectivity index is 1.51. The van der Waals surface area contributed by atoms with E-state index in [0.717, 1.165) is 32.0 Å². The van der Waals surface area contributed by atoms with Gasteiger partial charge in [0.2, 0.25) is 0 Å². The molecule has 3 aromatic rings. The van der Waals surface area contributed by atoms with Gasteiger partial charge in [-0.2, -0.15) is 0 Å². The van der Waals surface area contributed by atoms with Crippen LogP contribution in [0, 0.1) is 3.57 Å². The van der Waals surface area contributed by atoms with Crippen LogP contribution in [0.1, 0.15) is 16.7 Å². The Bertz CT molecular complexity index is 1210. The lowest BCUT2D eigenvalue weighted by Crippen LogP contribution is -2.27. The fourth-order valence-corrected chi connectivity index (χ4v) is 4.52. The minimum absolute atomic E-state index is 0.247. The molecule has 1 saturated heterocycles. The van der Waals surface area contributed by atoms with Gasteiger partial charge in [0.1, 0.15) is 6.61 Å². The van der Waals surface area contributed by atoms with Crippen LogP contribution in [0.3, 0.4) is 0 Å². The van der Waals surface area contributed by atoms with Crippen molar-refractivity contribution in [2.45, 2.75) is 13.2 Å². The monoisotopic (exact) mass is 591 g/mol. The highest BCUT2D eigenvalue weighted by molar-refractivity contribution is 14.1. The quantitative estimate of drug-likeness (QED) is 0.224. The predicted molar refractivity (Wildman–Crippen MR) is 139 cm³/mol. The standard InChI is InChI=1S/C25H19ClINO4S/c1-31-21-11-6-18(12-22(21)32-15-17-2-7-19(26)8-3-17)13-23-24(29)28(25(30)33-23)14-16-4-9-20(27)10-5-16/h2-13H,14-15H2,1H3/b23-13-. The maximum Gasteiger partial charge on any atom is 0.293 e. The number of hydrogen-bond acceptors (Lipinski definition) is 5. The lowest BCUT2D eigenvalue weighted by Gasteiger charge is -2.13. The van der Waals surface area contributed by atoms with Gasteiger partial charge in [0.25, 0.3) is 11.1 Å². The van der Waals surface area contributed by atoms with E-state index in [9.17, 15) is 9.59 Å². The maximum atomic E-state index is 12.9. The Morgan fingerprint density at radius 3 is 2.36 bits per heavy atom. The summed E-state index contributed by atoms with van der Waals surface area (Å²) in [4.78, 5) is 27.0. The lowest BCUT2D eigenvalue weighted by atomic mass is 10.1. The van der Waals surface area contributed by atoms with Crippen LogP contribution in [0.15, 0.2) is 71.6 Å². The molecule has 0 saturated carbocycles. The van der Waals surface area contributed by atoms with Crippen molar-refractivity contribution in [3.8, 4) is 11.5 Å². The lowest BCUT2D eigenvalue weighted by molar-refractivity contribution is -0.123. The van der Waals surface area contributed by atoms with Gasteiger partial charge in [-0.05, 0) is 93.5 Å². The number of hydrogen-bond donors (Lipinski definition) is 0. The number of thioether (sulfide) groups is 1. The zero-order valence-corrected chi connectivity index (χ0v) is 21.3. The molecule has 1 heterocycles. The van der Waals surface area contributed by atoms with Crippen molar-refractivity contribution in [3.05, 3.63) is 96.9 Å². The van der Waals surface area contributed by atoms with Gasteiger partial charge in [0.05, 0.1) is 18.6 Å². The SMILES string of the molecule is COc1ccc(/C=C2\SC(=O)N(Cc3ccc(I)cc3)C2=O)cc1OCc1ccc(Cl)cc1. The van der Waals surface area contributed by atoms with Crippen molar-refractivity contribution in [3.63, 3.8) is 0 Å². The number of amides is 2. The third-order valence-corrected chi connectivity index (χ3v) is 6.80. The summed E-state index contributed by atoms with van der Waals surface area (Å²) < 4.78 is 12.5. The number of halogens is 2. The molecule has 5 nitrogen and oxygen atoms in total. The molecule has 0 bridgehead atoms. The zero-order chi connectivity index (χ0) is 23.4. The van der Waals surface area contributed by atoms with E-state index in [1.165, 1.54) is 4.90 Å². The third-order valence-electron chi connectivity index (χ3n) is 4.92. The second-order valence-corrected chi connectivity index (χ2v) is 9.90. The van der Waals surface area contributed by atoms with Gasteiger partial charge in [-0.1, -0.05) is 41.9 Å². The Morgan fingerprint density at radius 2 is 1.67 bits per heavy atom. The van der Waals surface area contributed by atoms with Gasteiger partial charge in [-0.3, -0.25) is 14.5 Å². The molecular formula is C25H19ClINO4S. The third kappa shape index (κ3) is 5.90. The average molecular weight is 592 g/mol. The summed E-state index contributed by atoms with van der Waals surface area (Å²) in [5.74, 6) is 0.815. The smallest absolute Gasteiger partial charge is 0.293 e. The molecule has 8 heteroatoms. The van der Waals surface area contributed by atoms with E-state index >= 15 is 0 Å². The number of ether oxygens (including phenoxy) is 2. The van der Waals surface area contributed by atoms with Crippen LogP contribution in [-0.2, 0) is 17.9 Å². The molecule has 0 aromatic heterocycles. The molecule has 0 aliphatic carbocycles. The van der Waals surface area contributed by atoms with Crippen molar-refractivity contribution in [1.82, 2.24) is 4.90 Å². The molecule has 33 heavy (non-hydrogen) atoms. The van der Waals surface area contributed by atoms with Crippen molar-refractivity contribution >= 4 is 63.2 Å². The predicted octanol–water partition coefficient (Wildman–Crippen LogP) is 6.77. The molecule has 168 valence electrons. The first-order chi connectivity index (χ1) is 15.9. The molecule has 0 spiro atoms. The van der Waals surface area contributed by atoms with Crippen LogP contribution in [0.5, 0.6) is 11.5 Å². The normalized spacial score (nSPS) is 14.8. The molecule has 4 rings (SSSR count). The van der Waals surface area contributed by atoms with Crippen LogP contribution in [0.2, 0.25) is 5.02 Å². The summed E-state index contributed by atoms with van der Waals surface area (Å²) in [6.45, 7) is 0.584. The largest absolute Gasteiger partial charge is 0.493 e. The minimum Gasteiger partial charge on any atom is -0.493 e. The van der Waals surface area contributed by atoms with Crippen LogP contribution in [0.25, 0.3) is 6.08 Å². The first-order valence-corrected chi connectivity index (χ1v) is 12.3. The fourth-order valence-electron chi connectivity index (χ4n) is 3.20. The zero-order valence-electron chi connectivity index (χ0n) is 17.6. The van der Waals surface area contributed by atoms with E-state index in [-0.39, 0.29) is 17.7 Å². The number of nitrogens with zero attached hydrogens (tertiary/aromatic N) is 1. The van der Waals surface area contributed by atoms with E-state index < -0.39 is 0 Å². The van der Waals surface area contributed by atoms with Crippen LogP contribution in [-0.4, -0.2) is 23.2 Å². The number of rotatable bonds is 7. The maximum absolute atomic E-state index is 12.9. The summed E-state index contributed by atoms with van der Waals surface area (Å²) >= 11 is 9.09. The van der Waals surface area contributed by atoms with E-state index in [1.54, 1.807) is 37.5 Å². The minimum atomic E-state index is -0.303. The molecule has 1 aliphatic heterocycles. The van der Waals surface area contributed by atoms with Crippen LogP contribution >= 0.6 is 46.0 Å². The van der Waals surface area contributed by atoms with Crippen molar-refractivity contribution in [2.24, 2.45) is 0 Å². The van der Waals surface area contributed by atoms with Gasteiger partial charge in [-0.25, -0.2) is 0 Å². The Kier molecular flexibility index (Phi) is 7.62. The van der Waals surface area contributed by atoms with Crippen LogP contribution < -0.4 is 9.47 Å². The highest BCUT2D eigenvalue weighted by Crippen LogP contribution is 2.35. The van der Waals surface area contributed by atoms with Gasteiger partial charge in [0.15, 0.2) is 11.5 Å². The van der Waals surface area contributed by atoms with E-state index in [2.05, 4.69) is 22.6 Å². The molecule has 0 atom stereocenters. The Morgan fingerprint density at radius 1 is 0.970 bits per heavy atom. The van der Waals surface area contributed by atoms with E-state index in [0.29, 0.717) is 28.0 Å². The number of methoxy groups -OCH3 is 1. The van der Waals surface area contributed by atoms with Gasteiger partial charge >= 0.3 is 0 Å². The first-order valence-electron chi connectivity index (χ1n) is 9.98. The fraction of sp³-hybridized carbons (Fsp3) is 0.120. The van der Waals surface area contributed by atoms with Crippen molar-refractivity contribution in [2.75, 3.05) is 7.11 Å². The molecular weight excluding hydrogens is 573 g/mol. The molecule has 1 aliphatic rings. The summed E-state index contributed by atoms with van der Waals surface area (Å²) in [7, 11) is 1.57.